The Morgan fingerprint density at radius 1 is 1.04 bits per heavy atom. The number of fused-ring (bicyclic) bond motifs is 1. The number of pyridine rings is 2. The van der Waals surface area contributed by atoms with E-state index >= 15 is 0 Å². The molecule has 0 radical (unpaired) electrons. The fourth-order valence-corrected chi connectivity index (χ4v) is 4.28. The molecule has 2 aliphatic heterocycles. The Bertz CT molecular complexity index is 765. The maximum Gasteiger partial charge on any atom is 0.433 e. The van der Waals surface area contributed by atoms with Crippen molar-refractivity contribution in [3.8, 4) is 0 Å². The Labute approximate surface area is 157 Å². The van der Waals surface area contributed by atoms with Gasteiger partial charge in [-0.1, -0.05) is 12.1 Å². The summed E-state index contributed by atoms with van der Waals surface area (Å²) in [6.45, 7) is 3.48. The van der Waals surface area contributed by atoms with Crippen LogP contribution in [0.2, 0.25) is 0 Å². The molecule has 4 heterocycles. The van der Waals surface area contributed by atoms with Gasteiger partial charge in [0.05, 0.1) is 0 Å². The number of aromatic nitrogens is 2. The summed E-state index contributed by atoms with van der Waals surface area (Å²) < 4.78 is 38.9. The summed E-state index contributed by atoms with van der Waals surface area (Å²) in [5, 5.41) is 0. The fourth-order valence-electron chi connectivity index (χ4n) is 4.28. The van der Waals surface area contributed by atoms with Crippen LogP contribution in [0.5, 0.6) is 0 Å². The maximum absolute atomic E-state index is 13.0. The third kappa shape index (κ3) is 4.08. The van der Waals surface area contributed by atoms with E-state index in [1.807, 2.05) is 29.3 Å². The second kappa shape index (κ2) is 7.46. The fraction of sp³-hybridized carbons (Fsp3) is 0.500. The predicted octanol–water partition coefficient (Wildman–Crippen LogP) is 3.64. The van der Waals surface area contributed by atoms with Crippen LogP contribution in [-0.2, 0) is 12.6 Å². The summed E-state index contributed by atoms with van der Waals surface area (Å²) in [5.74, 6) is 1.05. The predicted molar refractivity (Wildman–Crippen MR) is 97.5 cm³/mol. The molecule has 7 heteroatoms. The second-order valence-corrected chi connectivity index (χ2v) is 7.34. The van der Waals surface area contributed by atoms with Gasteiger partial charge in [0.15, 0.2) is 0 Å². The van der Waals surface area contributed by atoms with Gasteiger partial charge in [0, 0.05) is 44.0 Å². The molecular formula is C20H23F3N4. The minimum Gasteiger partial charge on any atom is -0.355 e. The van der Waals surface area contributed by atoms with Crippen LogP contribution in [0.1, 0.15) is 24.2 Å². The minimum atomic E-state index is -4.41. The van der Waals surface area contributed by atoms with Crippen molar-refractivity contribution >= 4 is 5.82 Å². The van der Waals surface area contributed by atoms with Gasteiger partial charge in [-0.05, 0) is 49.6 Å². The van der Waals surface area contributed by atoms with Gasteiger partial charge >= 0.3 is 6.18 Å². The van der Waals surface area contributed by atoms with Crippen LogP contribution in [-0.4, -0.2) is 47.1 Å². The lowest BCUT2D eigenvalue weighted by Crippen LogP contribution is -2.49. The van der Waals surface area contributed by atoms with Gasteiger partial charge in [-0.15, -0.1) is 0 Å². The number of piperidine rings is 1. The highest BCUT2D eigenvalue weighted by atomic mass is 19.4. The van der Waals surface area contributed by atoms with Gasteiger partial charge in [-0.3, -0.25) is 9.88 Å². The zero-order chi connectivity index (χ0) is 18.9. The zero-order valence-electron chi connectivity index (χ0n) is 15.1. The Hall–Kier alpha value is -2.15. The molecule has 0 N–H and O–H groups in total. The van der Waals surface area contributed by atoms with Gasteiger partial charge in [0.25, 0.3) is 0 Å². The minimum absolute atomic E-state index is 0.374. The SMILES string of the molecule is FC(F)(F)c1cccc(N2CCC3CCN(CCc4ccccn4)C3C2)n1. The van der Waals surface area contributed by atoms with Crippen molar-refractivity contribution in [3.05, 3.63) is 54.0 Å². The normalized spacial score (nSPS) is 23.4. The lowest BCUT2D eigenvalue weighted by atomic mass is 9.92. The average molecular weight is 376 g/mol. The van der Waals surface area contributed by atoms with Gasteiger partial charge in [0.2, 0.25) is 0 Å². The largest absolute Gasteiger partial charge is 0.433 e. The van der Waals surface area contributed by atoms with E-state index in [4.69, 9.17) is 0 Å². The molecule has 0 saturated carbocycles. The van der Waals surface area contributed by atoms with Gasteiger partial charge in [0.1, 0.15) is 11.5 Å². The molecule has 2 saturated heterocycles. The first-order valence-corrected chi connectivity index (χ1v) is 9.44. The average Bonchev–Trinajstić information content (AvgIpc) is 3.09. The van der Waals surface area contributed by atoms with E-state index in [1.165, 1.54) is 6.07 Å². The molecule has 2 aliphatic rings. The Balaban J connectivity index is 1.43. The molecule has 27 heavy (non-hydrogen) atoms. The zero-order valence-corrected chi connectivity index (χ0v) is 15.1. The summed E-state index contributed by atoms with van der Waals surface area (Å²) in [5.41, 5.74) is 0.258. The molecule has 144 valence electrons. The molecule has 0 amide bonds. The number of anilines is 1. The summed E-state index contributed by atoms with van der Waals surface area (Å²) >= 11 is 0. The molecule has 0 spiro atoms. The number of nitrogens with zero attached hydrogens (tertiary/aromatic N) is 4. The first-order chi connectivity index (χ1) is 13.0. The highest BCUT2D eigenvalue weighted by molar-refractivity contribution is 5.41. The van der Waals surface area contributed by atoms with E-state index in [-0.39, 0.29) is 0 Å². The standard InChI is InChI=1S/C20H23F3N4/c21-20(22,23)18-5-3-6-19(25-18)27-12-8-15-7-11-26(17(15)14-27)13-9-16-4-1-2-10-24-16/h1-6,10,15,17H,7-9,11-14H2. The number of halogens is 3. The van der Waals surface area contributed by atoms with Crippen LogP contribution in [0.4, 0.5) is 19.0 Å². The lowest BCUT2D eigenvalue weighted by Gasteiger charge is -2.39. The van der Waals surface area contributed by atoms with Crippen molar-refractivity contribution in [2.75, 3.05) is 31.1 Å². The molecule has 2 atom stereocenters. The number of hydrogen-bond acceptors (Lipinski definition) is 4. The smallest absolute Gasteiger partial charge is 0.355 e. The first-order valence-electron chi connectivity index (χ1n) is 9.44. The number of likely N-dealkylation sites (tertiary alicyclic amines) is 1. The molecule has 0 bridgehead atoms. The first kappa shape index (κ1) is 18.2. The van der Waals surface area contributed by atoms with Crippen LogP contribution < -0.4 is 4.90 Å². The third-order valence-electron chi connectivity index (χ3n) is 5.71. The molecule has 2 aromatic rings. The molecule has 4 nitrogen and oxygen atoms in total. The van der Waals surface area contributed by atoms with Crippen molar-refractivity contribution in [1.29, 1.82) is 0 Å². The van der Waals surface area contributed by atoms with E-state index in [1.54, 1.807) is 6.07 Å². The van der Waals surface area contributed by atoms with Crippen molar-refractivity contribution < 1.29 is 13.2 Å². The Kier molecular flexibility index (Phi) is 5.04. The lowest BCUT2D eigenvalue weighted by molar-refractivity contribution is -0.141. The van der Waals surface area contributed by atoms with Crippen molar-refractivity contribution in [3.63, 3.8) is 0 Å². The van der Waals surface area contributed by atoms with E-state index in [9.17, 15) is 13.2 Å². The van der Waals surface area contributed by atoms with Crippen molar-refractivity contribution in [2.24, 2.45) is 5.92 Å². The summed E-state index contributed by atoms with van der Waals surface area (Å²) in [7, 11) is 0. The second-order valence-electron chi connectivity index (χ2n) is 7.34. The van der Waals surface area contributed by atoms with E-state index < -0.39 is 11.9 Å². The molecular weight excluding hydrogens is 353 g/mol. The maximum atomic E-state index is 13.0. The van der Waals surface area contributed by atoms with Gasteiger partial charge in [-0.2, -0.15) is 13.2 Å². The Morgan fingerprint density at radius 2 is 1.89 bits per heavy atom. The molecule has 0 aromatic carbocycles. The van der Waals surface area contributed by atoms with Crippen molar-refractivity contribution in [1.82, 2.24) is 14.9 Å². The van der Waals surface area contributed by atoms with E-state index in [2.05, 4.69) is 14.9 Å². The van der Waals surface area contributed by atoms with Crippen LogP contribution in [0.25, 0.3) is 0 Å². The number of rotatable bonds is 4. The third-order valence-corrected chi connectivity index (χ3v) is 5.71. The van der Waals surface area contributed by atoms with Crippen molar-refractivity contribution in [2.45, 2.75) is 31.5 Å². The number of alkyl halides is 3. The molecule has 4 rings (SSSR count). The van der Waals surface area contributed by atoms with Crippen LogP contribution >= 0.6 is 0 Å². The molecule has 2 unspecified atom stereocenters. The van der Waals surface area contributed by atoms with Gasteiger partial charge < -0.3 is 4.90 Å². The Morgan fingerprint density at radius 3 is 2.67 bits per heavy atom. The van der Waals surface area contributed by atoms with Crippen LogP contribution in [0.15, 0.2) is 42.6 Å². The monoisotopic (exact) mass is 376 g/mol. The summed E-state index contributed by atoms with van der Waals surface area (Å²) in [4.78, 5) is 12.7. The van der Waals surface area contributed by atoms with E-state index in [0.29, 0.717) is 17.8 Å². The highest BCUT2D eigenvalue weighted by Gasteiger charge is 2.39. The number of hydrogen-bond donors (Lipinski definition) is 0. The van der Waals surface area contributed by atoms with E-state index in [0.717, 1.165) is 57.2 Å². The van der Waals surface area contributed by atoms with Crippen LogP contribution in [0.3, 0.4) is 0 Å². The summed E-state index contributed by atoms with van der Waals surface area (Å²) in [6.07, 6.45) is 0.464. The molecule has 2 aromatic heterocycles. The topological polar surface area (TPSA) is 32.3 Å². The quantitative estimate of drug-likeness (QED) is 0.816. The molecule has 2 fully saturated rings. The van der Waals surface area contributed by atoms with Crippen LogP contribution in [0, 0.1) is 5.92 Å². The molecule has 0 aliphatic carbocycles. The van der Waals surface area contributed by atoms with Gasteiger partial charge in [-0.25, -0.2) is 4.98 Å². The highest BCUT2D eigenvalue weighted by Crippen LogP contribution is 2.34. The summed E-state index contributed by atoms with van der Waals surface area (Å²) in [6, 6.07) is 10.5.